The molecular formula is C15H23F3O2Si. The van der Waals surface area contributed by atoms with Gasteiger partial charge in [-0.3, -0.25) is 0 Å². The smallest absolute Gasteiger partial charge is 0.397 e. The molecule has 0 aromatic heterocycles. The summed E-state index contributed by atoms with van der Waals surface area (Å²) in [5, 5.41) is 0. The normalized spacial score (nSPS) is 12.1. The SMILES string of the molecule is CCCO[SiH](CCc1ccc(C(F)(F)F)cc1)OCCC. The van der Waals surface area contributed by atoms with Crippen LogP contribution >= 0.6 is 0 Å². The lowest BCUT2D eigenvalue weighted by Crippen LogP contribution is -2.24. The minimum Gasteiger partial charge on any atom is -0.397 e. The fraction of sp³-hybridized carbons (Fsp3) is 0.600. The summed E-state index contributed by atoms with van der Waals surface area (Å²) in [6, 6.07) is 6.12. The van der Waals surface area contributed by atoms with Crippen molar-refractivity contribution in [3.63, 3.8) is 0 Å². The van der Waals surface area contributed by atoms with Crippen LogP contribution in [0.15, 0.2) is 24.3 Å². The van der Waals surface area contributed by atoms with E-state index in [2.05, 4.69) is 0 Å². The van der Waals surface area contributed by atoms with Crippen LogP contribution in [0.25, 0.3) is 0 Å². The summed E-state index contributed by atoms with van der Waals surface area (Å²) in [6.07, 6.45) is -1.69. The van der Waals surface area contributed by atoms with Crippen LogP contribution in [0.4, 0.5) is 13.2 Å². The number of hydrogen-bond acceptors (Lipinski definition) is 2. The first-order valence-corrected chi connectivity index (χ1v) is 9.12. The Morgan fingerprint density at radius 2 is 1.48 bits per heavy atom. The van der Waals surface area contributed by atoms with Gasteiger partial charge >= 0.3 is 15.5 Å². The van der Waals surface area contributed by atoms with Crippen molar-refractivity contribution < 1.29 is 22.0 Å². The van der Waals surface area contributed by atoms with E-state index in [-0.39, 0.29) is 0 Å². The molecule has 1 rings (SSSR count). The topological polar surface area (TPSA) is 18.5 Å². The number of halogens is 3. The van der Waals surface area contributed by atoms with Crippen LogP contribution in [0.2, 0.25) is 6.04 Å². The van der Waals surface area contributed by atoms with Crippen LogP contribution in [0.5, 0.6) is 0 Å². The van der Waals surface area contributed by atoms with Crippen LogP contribution < -0.4 is 0 Å². The Balaban J connectivity index is 2.50. The molecule has 1 aromatic rings. The van der Waals surface area contributed by atoms with Gasteiger partial charge in [-0.2, -0.15) is 13.2 Å². The van der Waals surface area contributed by atoms with Gasteiger partial charge in [-0.15, -0.1) is 0 Å². The van der Waals surface area contributed by atoms with Crippen molar-refractivity contribution in [2.45, 2.75) is 45.3 Å². The van der Waals surface area contributed by atoms with Crippen molar-refractivity contribution in [3.8, 4) is 0 Å². The molecule has 0 heterocycles. The van der Waals surface area contributed by atoms with E-state index in [0.717, 1.165) is 36.6 Å². The number of benzene rings is 1. The first kappa shape index (κ1) is 18.2. The minimum absolute atomic E-state index is 0.607. The van der Waals surface area contributed by atoms with Gasteiger partial charge in [-0.25, -0.2) is 0 Å². The van der Waals surface area contributed by atoms with E-state index in [9.17, 15) is 13.2 Å². The number of aryl methyl sites for hydroxylation is 1. The van der Waals surface area contributed by atoms with E-state index >= 15 is 0 Å². The fourth-order valence-electron chi connectivity index (χ4n) is 1.86. The van der Waals surface area contributed by atoms with E-state index in [4.69, 9.17) is 8.85 Å². The molecule has 0 spiro atoms. The van der Waals surface area contributed by atoms with Gasteiger partial charge in [0.25, 0.3) is 0 Å². The minimum atomic E-state index is -4.27. The Bertz CT molecular complexity index is 385. The van der Waals surface area contributed by atoms with Crippen molar-refractivity contribution in [1.82, 2.24) is 0 Å². The van der Waals surface area contributed by atoms with Crippen LogP contribution in [0, 0.1) is 0 Å². The van der Waals surface area contributed by atoms with Crippen LogP contribution in [0.3, 0.4) is 0 Å². The Labute approximate surface area is 126 Å². The van der Waals surface area contributed by atoms with Crippen molar-refractivity contribution in [1.29, 1.82) is 0 Å². The van der Waals surface area contributed by atoms with Crippen molar-refractivity contribution in [2.75, 3.05) is 13.2 Å². The van der Waals surface area contributed by atoms with E-state index in [1.54, 1.807) is 0 Å². The molecule has 0 fully saturated rings. The van der Waals surface area contributed by atoms with Crippen LogP contribution in [0.1, 0.15) is 37.8 Å². The van der Waals surface area contributed by atoms with E-state index in [0.29, 0.717) is 19.6 Å². The van der Waals surface area contributed by atoms with Gasteiger partial charge in [-0.1, -0.05) is 26.0 Å². The Morgan fingerprint density at radius 3 is 1.90 bits per heavy atom. The highest BCUT2D eigenvalue weighted by molar-refractivity contribution is 6.44. The molecule has 0 aliphatic carbocycles. The molecule has 0 radical (unpaired) electrons. The fourth-order valence-corrected chi connectivity index (χ4v) is 3.85. The summed E-state index contributed by atoms with van der Waals surface area (Å²) in [5.74, 6) is 0. The zero-order valence-electron chi connectivity index (χ0n) is 12.6. The highest BCUT2D eigenvalue weighted by Gasteiger charge is 2.29. The summed E-state index contributed by atoms with van der Waals surface area (Å²) in [5.41, 5.74) is 0.283. The number of rotatable bonds is 9. The molecule has 0 aliphatic heterocycles. The largest absolute Gasteiger partial charge is 0.416 e. The highest BCUT2D eigenvalue weighted by atomic mass is 28.3. The maximum absolute atomic E-state index is 12.5. The quantitative estimate of drug-likeness (QED) is 0.631. The third-order valence-corrected chi connectivity index (χ3v) is 4.94. The standard InChI is InChI=1S/C15H23F3O2Si/c1-3-10-19-21(20-11-4-2)12-9-13-5-7-14(8-6-13)15(16,17)18/h5-8,21H,3-4,9-12H2,1-2H3. The average molecular weight is 320 g/mol. The molecule has 1 aromatic carbocycles. The number of alkyl halides is 3. The number of hydrogen-bond donors (Lipinski definition) is 0. The summed E-state index contributed by atoms with van der Waals surface area (Å²) >= 11 is 0. The van der Waals surface area contributed by atoms with Gasteiger partial charge in [0, 0.05) is 13.2 Å². The Hall–Kier alpha value is -0.853. The van der Waals surface area contributed by atoms with Gasteiger partial charge in [-0.05, 0) is 43.0 Å². The molecule has 120 valence electrons. The lowest BCUT2D eigenvalue weighted by atomic mass is 10.1. The second-order valence-corrected chi connectivity index (χ2v) is 7.01. The van der Waals surface area contributed by atoms with Gasteiger partial charge in [0.1, 0.15) is 0 Å². The predicted molar refractivity (Wildman–Crippen MR) is 79.6 cm³/mol. The zero-order valence-corrected chi connectivity index (χ0v) is 13.7. The highest BCUT2D eigenvalue weighted by Crippen LogP contribution is 2.29. The van der Waals surface area contributed by atoms with Gasteiger partial charge in [0.05, 0.1) is 5.56 Å². The maximum atomic E-state index is 12.5. The van der Waals surface area contributed by atoms with Crippen LogP contribution in [-0.2, 0) is 21.4 Å². The van der Waals surface area contributed by atoms with Gasteiger partial charge in [0.2, 0.25) is 0 Å². The van der Waals surface area contributed by atoms with Crippen molar-refractivity contribution in [2.24, 2.45) is 0 Å². The predicted octanol–water partition coefficient (Wildman–Crippen LogP) is 4.32. The van der Waals surface area contributed by atoms with E-state index in [1.807, 2.05) is 13.8 Å². The molecule has 0 unspecified atom stereocenters. The Morgan fingerprint density at radius 1 is 0.952 bits per heavy atom. The zero-order chi connectivity index (χ0) is 15.7. The molecule has 2 nitrogen and oxygen atoms in total. The third kappa shape index (κ3) is 7.11. The third-order valence-electron chi connectivity index (χ3n) is 2.97. The summed E-state index contributed by atoms with van der Waals surface area (Å²) in [6.45, 7) is 5.46. The summed E-state index contributed by atoms with van der Waals surface area (Å²) < 4.78 is 48.9. The average Bonchev–Trinajstić information content (AvgIpc) is 2.46. The molecule has 0 saturated carbocycles. The molecular weight excluding hydrogens is 297 g/mol. The van der Waals surface area contributed by atoms with Crippen molar-refractivity contribution >= 4 is 9.28 Å². The second kappa shape index (κ2) is 9.22. The first-order valence-electron chi connectivity index (χ1n) is 7.36. The van der Waals surface area contributed by atoms with Crippen LogP contribution in [-0.4, -0.2) is 22.5 Å². The monoisotopic (exact) mass is 320 g/mol. The maximum Gasteiger partial charge on any atom is 0.416 e. The molecule has 0 bridgehead atoms. The molecule has 0 atom stereocenters. The lowest BCUT2D eigenvalue weighted by Gasteiger charge is -2.16. The molecule has 0 amide bonds. The van der Waals surface area contributed by atoms with E-state index < -0.39 is 21.0 Å². The Kier molecular flexibility index (Phi) is 7.99. The molecule has 0 saturated heterocycles. The van der Waals surface area contributed by atoms with Gasteiger partial charge < -0.3 is 8.85 Å². The molecule has 0 aliphatic rings. The lowest BCUT2D eigenvalue weighted by molar-refractivity contribution is -0.137. The molecule has 21 heavy (non-hydrogen) atoms. The van der Waals surface area contributed by atoms with Crippen molar-refractivity contribution in [3.05, 3.63) is 35.4 Å². The van der Waals surface area contributed by atoms with E-state index in [1.165, 1.54) is 12.1 Å². The second-order valence-electron chi connectivity index (χ2n) is 4.90. The molecule has 0 N–H and O–H groups in total. The summed E-state index contributed by atoms with van der Waals surface area (Å²) in [7, 11) is -1.71. The summed E-state index contributed by atoms with van der Waals surface area (Å²) in [4.78, 5) is 0. The first-order chi connectivity index (χ1) is 9.97. The molecule has 6 heteroatoms. The van der Waals surface area contributed by atoms with Gasteiger partial charge in [0.15, 0.2) is 0 Å².